The lowest BCUT2D eigenvalue weighted by Crippen LogP contribution is -2.47. The number of hydrogen-bond donors (Lipinski definition) is 0. The van der Waals surface area contributed by atoms with E-state index < -0.39 is 15.8 Å². The predicted molar refractivity (Wildman–Crippen MR) is 105 cm³/mol. The van der Waals surface area contributed by atoms with Gasteiger partial charge in [0.15, 0.2) is 5.79 Å². The van der Waals surface area contributed by atoms with E-state index in [2.05, 4.69) is 10.2 Å². The van der Waals surface area contributed by atoms with E-state index >= 15 is 0 Å². The number of likely N-dealkylation sites (tertiary alicyclic amines) is 1. The molecule has 1 spiro atoms. The SMILES string of the molecule is O=C(c1nnc(-c2csc(S(=O)(=O)N3CCC4(CC3)OCCO4)c2)o1)N1CCCC1. The topological polar surface area (TPSA) is 115 Å². The Balaban J connectivity index is 1.30. The van der Waals surface area contributed by atoms with Crippen LogP contribution >= 0.6 is 11.3 Å². The molecule has 2 aromatic heterocycles. The third-order valence-electron chi connectivity index (χ3n) is 5.72. The molecule has 2 aromatic rings. The summed E-state index contributed by atoms with van der Waals surface area (Å²) in [5, 5.41) is 9.44. The van der Waals surface area contributed by atoms with E-state index in [1.165, 1.54) is 10.4 Å². The summed E-state index contributed by atoms with van der Waals surface area (Å²) in [4.78, 5) is 14.1. The van der Waals surface area contributed by atoms with Crippen molar-refractivity contribution < 1.29 is 27.1 Å². The summed E-state index contributed by atoms with van der Waals surface area (Å²) >= 11 is 1.10. The van der Waals surface area contributed by atoms with Crippen molar-refractivity contribution in [2.45, 2.75) is 35.7 Å². The number of carbonyl (C=O) groups is 1. The molecule has 3 aliphatic rings. The standard InChI is InChI=1S/C18H22N4O6S2/c23-17(21-5-1-2-6-21)16-20-19-15(28-16)13-11-14(29-12-13)30(24,25)22-7-3-18(4-8-22)26-9-10-27-18/h11-12H,1-10H2. The largest absolute Gasteiger partial charge is 0.412 e. The third kappa shape index (κ3) is 3.56. The Morgan fingerprint density at radius 3 is 2.47 bits per heavy atom. The molecule has 3 fully saturated rings. The van der Waals surface area contributed by atoms with Crippen LogP contribution in [0.3, 0.4) is 0 Å². The van der Waals surface area contributed by atoms with Crippen LogP contribution in [0, 0.1) is 0 Å². The Hall–Kier alpha value is -1.86. The predicted octanol–water partition coefficient (Wildman–Crippen LogP) is 1.56. The highest BCUT2D eigenvalue weighted by Gasteiger charge is 2.43. The van der Waals surface area contributed by atoms with Crippen LogP contribution in [0.4, 0.5) is 0 Å². The lowest BCUT2D eigenvalue weighted by Gasteiger charge is -2.36. The average molecular weight is 455 g/mol. The van der Waals surface area contributed by atoms with Crippen LogP contribution in [0.15, 0.2) is 20.1 Å². The van der Waals surface area contributed by atoms with Gasteiger partial charge in [0.25, 0.3) is 10.0 Å². The minimum atomic E-state index is -3.64. The molecule has 30 heavy (non-hydrogen) atoms. The fraction of sp³-hybridized carbons (Fsp3) is 0.611. The number of nitrogens with zero attached hydrogens (tertiary/aromatic N) is 4. The number of rotatable bonds is 4. The van der Waals surface area contributed by atoms with Gasteiger partial charge in [-0.1, -0.05) is 0 Å². The van der Waals surface area contributed by atoms with Crippen molar-refractivity contribution in [1.29, 1.82) is 0 Å². The molecule has 0 N–H and O–H groups in total. The minimum absolute atomic E-state index is 0.0691. The highest BCUT2D eigenvalue weighted by Crippen LogP contribution is 2.35. The van der Waals surface area contributed by atoms with Crippen LogP contribution in [-0.4, -0.2) is 78.9 Å². The molecule has 162 valence electrons. The number of thiophene rings is 1. The Morgan fingerprint density at radius 2 is 1.77 bits per heavy atom. The molecular weight excluding hydrogens is 432 g/mol. The van der Waals surface area contributed by atoms with E-state index in [0.29, 0.717) is 57.8 Å². The molecule has 0 bridgehead atoms. The molecule has 0 saturated carbocycles. The number of amides is 1. The quantitative estimate of drug-likeness (QED) is 0.684. The summed E-state index contributed by atoms with van der Waals surface area (Å²) < 4.78 is 44.6. The van der Waals surface area contributed by atoms with Crippen molar-refractivity contribution in [1.82, 2.24) is 19.4 Å². The number of ether oxygens (including phenoxy) is 2. The van der Waals surface area contributed by atoms with Crippen LogP contribution in [0.25, 0.3) is 11.5 Å². The zero-order valence-electron chi connectivity index (χ0n) is 16.3. The maximum absolute atomic E-state index is 13.0. The van der Waals surface area contributed by atoms with E-state index in [1.54, 1.807) is 10.3 Å². The Kier molecular flexibility index (Phi) is 5.14. The maximum Gasteiger partial charge on any atom is 0.311 e. The second-order valence-electron chi connectivity index (χ2n) is 7.58. The fourth-order valence-corrected chi connectivity index (χ4v) is 6.77. The number of sulfonamides is 1. The number of aromatic nitrogens is 2. The summed E-state index contributed by atoms with van der Waals surface area (Å²) in [6.45, 7) is 3.14. The molecule has 1 amide bonds. The maximum atomic E-state index is 13.0. The van der Waals surface area contributed by atoms with Gasteiger partial charge >= 0.3 is 11.8 Å². The Bertz CT molecular complexity index is 1030. The van der Waals surface area contributed by atoms with E-state index in [-0.39, 0.29) is 21.9 Å². The van der Waals surface area contributed by atoms with Gasteiger partial charge in [0.05, 0.1) is 18.8 Å². The molecule has 5 heterocycles. The van der Waals surface area contributed by atoms with E-state index in [0.717, 1.165) is 24.2 Å². The van der Waals surface area contributed by atoms with Crippen molar-refractivity contribution >= 4 is 27.3 Å². The first-order valence-electron chi connectivity index (χ1n) is 9.97. The van der Waals surface area contributed by atoms with Gasteiger partial charge in [0.1, 0.15) is 4.21 Å². The Labute approximate surface area is 177 Å². The van der Waals surface area contributed by atoms with Crippen molar-refractivity contribution in [2.24, 2.45) is 0 Å². The average Bonchev–Trinajstić information content (AvgIpc) is 3.55. The van der Waals surface area contributed by atoms with Gasteiger partial charge in [-0.15, -0.1) is 21.5 Å². The molecule has 0 aliphatic carbocycles. The molecule has 0 radical (unpaired) electrons. The van der Waals surface area contributed by atoms with Gasteiger partial charge in [-0.05, 0) is 18.9 Å². The lowest BCUT2D eigenvalue weighted by molar-refractivity contribution is -0.179. The summed E-state index contributed by atoms with van der Waals surface area (Å²) in [7, 11) is -3.64. The van der Waals surface area contributed by atoms with Gasteiger partial charge in [-0.25, -0.2) is 8.42 Å². The van der Waals surface area contributed by atoms with Crippen LogP contribution in [-0.2, 0) is 19.5 Å². The molecule has 10 nitrogen and oxygen atoms in total. The smallest absolute Gasteiger partial charge is 0.311 e. The molecule has 0 unspecified atom stereocenters. The monoisotopic (exact) mass is 454 g/mol. The minimum Gasteiger partial charge on any atom is -0.412 e. The van der Waals surface area contributed by atoms with Gasteiger partial charge in [0, 0.05) is 44.4 Å². The Morgan fingerprint density at radius 1 is 1.07 bits per heavy atom. The summed E-state index contributed by atoms with van der Waals surface area (Å²) in [5.41, 5.74) is 0.488. The number of piperidine rings is 1. The van der Waals surface area contributed by atoms with Gasteiger partial charge in [-0.2, -0.15) is 4.31 Å². The van der Waals surface area contributed by atoms with Crippen molar-refractivity contribution in [3.05, 3.63) is 17.3 Å². The zero-order valence-corrected chi connectivity index (χ0v) is 17.9. The second-order valence-corrected chi connectivity index (χ2v) is 10.7. The lowest BCUT2D eigenvalue weighted by atomic mass is 10.1. The van der Waals surface area contributed by atoms with Gasteiger partial charge in [-0.3, -0.25) is 4.79 Å². The normalized spacial score (nSPS) is 22.2. The molecule has 3 saturated heterocycles. The zero-order chi connectivity index (χ0) is 20.8. The van der Waals surface area contributed by atoms with E-state index in [1.807, 2.05) is 0 Å². The van der Waals surface area contributed by atoms with Crippen LogP contribution < -0.4 is 0 Å². The van der Waals surface area contributed by atoms with Crippen LogP contribution in [0.2, 0.25) is 0 Å². The van der Waals surface area contributed by atoms with Gasteiger partial charge in [0.2, 0.25) is 5.89 Å². The van der Waals surface area contributed by atoms with E-state index in [4.69, 9.17) is 13.9 Å². The van der Waals surface area contributed by atoms with Crippen LogP contribution in [0.5, 0.6) is 0 Å². The second kappa shape index (κ2) is 7.68. The third-order valence-corrected chi connectivity index (χ3v) is 9.03. The highest BCUT2D eigenvalue weighted by atomic mass is 32.2. The highest BCUT2D eigenvalue weighted by molar-refractivity contribution is 7.91. The van der Waals surface area contributed by atoms with Crippen molar-refractivity contribution in [2.75, 3.05) is 39.4 Å². The van der Waals surface area contributed by atoms with Gasteiger partial charge < -0.3 is 18.8 Å². The molecule has 0 atom stereocenters. The number of carbonyl (C=O) groups excluding carboxylic acids is 1. The van der Waals surface area contributed by atoms with Crippen molar-refractivity contribution in [3.8, 4) is 11.5 Å². The van der Waals surface area contributed by atoms with Crippen molar-refractivity contribution in [3.63, 3.8) is 0 Å². The summed E-state index contributed by atoms with van der Waals surface area (Å²) in [5.74, 6) is -0.844. The van der Waals surface area contributed by atoms with E-state index in [9.17, 15) is 13.2 Å². The summed E-state index contributed by atoms with van der Waals surface area (Å²) in [6.07, 6.45) is 2.95. The summed E-state index contributed by atoms with van der Waals surface area (Å²) in [6, 6.07) is 1.52. The first-order valence-corrected chi connectivity index (χ1v) is 12.3. The number of hydrogen-bond acceptors (Lipinski definition) is 9. The van der Waals surface area contributed by atoms with Crippen LogP contribution in [0.1, 0.15) is 36.4 Å². The molecule has 0 aromatic carbocycles. The molecular formula is C18H22N4O6S2. The molecule has 3 aliphatic heterocycles. The molecule has 12 heteroatoms. The first-order chi connectivity index (χ1) is 14.5. The molecule has 5 rings (SSSR count). The first kappa shape index (κ1) is 20.1. The fourth-order valence-electron chi connectivity index (χ4n) is 4.03.